The van der Waals surface area contributed by atoms with E-state index < -0.39 is 5.41 Å². The van der Waals surface area contributed by atoms with Gasteiger partial charge in [-0.3, -0.25) is 14.6 Å². The molecule has 0 unspecified atom stereocenters. The van der Waals surface area contributed by atoms with E-state index in [0.29, 0.717) is 36.7 Å². The van der Waals surface area contributed by atoms with Crippen molar-refractivity contribution in [2.75, 3.05) is 47.3 Å². The summed E-state index contributed by atoms with van der Waals surface area (Å²) in [6.45, 7) is 6.98. The van der Waals surface area contributed by atoms with Gasteiger partial charge in [-0.15, -0.1) is 0 Å². The van der Waals surface area contributed by atoms with Crippen molar-refractivity contribution < 1.29 is 9.59 Å². The number of carbonyl (C=O) groups excluding carboxylic acids is 2. The zero-order chi connectivity index (χ0) is 24.5. The van der Waals surface area contributed by atoms with Crippen LogP contribution < -0.4 is 0 Å². The fraction of sp³-hybridized carbons (Fsp3) is 0.577. The summed E-state index contributed by atoms with van der Waals surface area (Å²) >= 11 is 0. The minimum absolute atomic E-state index is 0.0258. The Hall–Kier alpha value is -2.87. The summed E-state index contributed by atoms with van der Waals surface area (Å²) in [6.07, 6.45) is 5.09. The summed E-state index contributed by atoms with van der Waals surface area (Å²) in [5, 5.41) is 0. The van der Waals surface area contributed by atoms with Gasteiger partial charge in [0.2, 0.25) is 5.91 Å². The van der Waals surface area contributed by atoms with E-state index in [1.54, 1.807) is 30.1 Å². The lowest BCUT2D eigenvalue weighted by atomic mass is 9.75. The summed E-state index contributed by atoms with van der Waals surface area (Å²) in [7, 11) is 5.66. The standard InChI is InChI=1S/C26H36N6O2/c1-19-28-20(17-22(29-19)25(2)11-15-31(5)16-12-25)23(33)32-14-8-10-26(18-32,24(34)30(3)4)21-9-6-7-13-27-21/h6-7,9,13,17H,8,10-12,14-16,18H2,1-5H3/t26-/m1/s1. The number of hydrogen-bond acceptors (Lipinski definition) is 6. The molecular weight excluding hydrogens is 428 g/mol. The van der Waals surface area contributed by atoms with E-state index in [1.165, 1.54) is 0 Å². The van der Waals surface area contributed by atoms with Crippen molar-refractivity contribution in [3.8, 4) is 0 Å². The number of likely N-dealkylation sites (N-methyl/N-ethyl adjacent to an activating group) is 1. The molecule has 2 saturated heterocycles. The highest BCUT2D eigenvalue weighted by Gasteiger charge is 2.47. The number of carbonyl (C=O) groups is 2. The molecule has 1 atom stereocenters. The Kier molecular flexibility index (Phi) is 6.71. The van der Waals surface area contributed by atoms with E-state index in [9.17, 15) is 9.59 Å². The van der Waals surface area contributed by atoms with Crippen LogP contribution in [0.4, 0.5) is 0 Å². The van der Waals surface area contributed by atoms with Crippen LogP contribution in [-0.4, -0.2) is 88.8 Å². The van der Waals surface area contributed by atoms with Gasteiger partial charge in [0.25, 0.3) is 5.91 Å². The van der Waals surface area contributed by atoms with Gasteiger partial charge in [-0.1, -0.05) is 13.0 Å². The van der Waals surface area contributed by atoms with Crippen LogP contribution in [0.15, 0.2) is 30.5 Å². The molecular formula is C26H36N6O2. The molecule has 0 N–H and O–H groups in total. The molecule has 2 aliphatic heterocycles. The third-order valence-corrected chi connectivity index (χ3v) is 7.52. The van der Waals surface area contributed by atoms with Gasteiger partial charge in [0, 0.05) is 38.8 Å². The highest BCUT2D eigenvalue weighted by Crippen LogP contribution is 2.36. The topological polar surface area (TPSA) is 82.5 Å². The fourth-order valence-corrected chi connectivity index (χ4v) is 5.31. The molecule has 4 heterocycles. The summed E-state index contributed by atoms with van der Waals surface area (Å²) in [5.41, 5.74) is 1.13. The Balaban J connectivity index is 1.65. The smallest absolute Gasteiger partial charge is 0.272 e. The van der Waals surface area contributed by atoms with Crippen molar-refractivity contribution in [1.82, 2.24) is 29.7 Å². The molecule has 0 saturated carbocycles. The molecule has 0 aliphatic carbocycles. The van der Waals surface area contributed by atoms with E-state index in [2.05, 4.69) is 28.8 Å². The second kappa shape index (κ2) is 9.41. The van der Waals surface area contributed by atoms with E-state index in [-0.39, 0.29) is 17.2 Å². The Morgan fingerprint density at radius 3 is 2.41 bits per heavy atom. The predicted molar refractivity (Wildman–Crippen MR) is 131 cm³/mol. The van der Waals surface area contributed by atoms with Gasteiger partial charge in [0.05, 0.1) is 11.4 Å². The van der Waals surface area contributed by atoms with Crippen molar-refractivity contribution in [3.63, 3.8) is 0 Å². The molecule has 182 valence electrons. The number of nitrogens with zero attached hydrogens (tertiary/aromatic N) is 6. The Labute approximate surface area is 202 Å². The largest absolute Gasteiger partial charge is 0.348 e. The van der Waals surface area contributed by atoms with Crippen LogP contribution in [0, 0.1) is 6.92 Å². The molecule has 2 fully saturated rings. The van der Waals surface area contributed by atoms with Crippen LogP contribution in [0.1, 0.15) is 60.3 Å². The second-order valence-electron chi connectivity index (χ2n) is 10.4. The molecule has 8 nitrogen and oxygen atoms in total. The Bertz CT molecular complexity index is 1050. The van der Waals surface area contributed by atoms with Crippen LogP contribution in [0.3, 0.4) is 0 Å². The quantitative estimate of drug-likeness (QED) is 0.691. The highest BCUT2D eigenvalue weighted by atomic mass is 16.2. The van der Waals surface area contributed by atoms with Gasteiger partial charge in [0.1, 0.15) is 16.9 Å². The maximum absolute atomic E-state index is 13.7. The summed E-state index contributed by atoms with van der Waals surface area (Å²) in [4.78, 5) is 46.7. The van der Waals surface area contributed by atoms with Gasteiger partial charge in [-0.25, -0.2) is 9.97 Å². The molecule has 2 aromatic rings. The summed E-state index contributed by atoms with van der Waals surface area (Å²) in [6, 6.07) is 7.52. The first kappa shape index (κ1) is 24.3. The first-order chi connectivity index (χ1) is 16.1. The molecule has 0 radical (unpaired) electrons. The van der Waals surface area contributed by atoms with Gasteiger partial charge in [-0.2, -0.15) is 0 Å². The fourth-order valence-electron chi connectivity index (χ4n) is 5.31. The molecule has 8 heteroatoms. The van der Waals surface area contributed by atoms with Gasteiger partial charge >= 0.3 is 0 Å². The Morgan fingerprint density at radius 1 is 1.03 bits per heavy atom. The zero-order valence-electron chi connectivity index (χ0n) is 21.0. The second-order valence-corrected chi connectivity index (χ2v) is 10.4. The van der Waals surface area contributed by atoms with Gasteiger partial charge < -0.3 is 14.7 Å². The van der Waals surface area contributed by atoms with Crippen molar-refractivity contribution in [2.45, 2.75) is 50.4 Å². The molecule has 4 rings (SSSR count). The first-order valence-corrected chi connectivity index (χ1v) is 12.1. The third kappa shape index (κ3) is 4.56. The molecule has 0 bridgehead atoms. The van der Waals surface area contributed by atoms with E-state index in [0.717, 1.165) is 38.0 Å². The number of piperidine rings is 2. The maximum atomic E-state index is 13.7. The first-order valence-electron chi connectivity index (χ1n) is 12.1. The minimum atomic E-state index is -0.858. The van der Waals surface area contributed by atoms with E-state index >= 15 is 0 Å². The van der Waals surface area contributed by atoms with Crippen molar-refractivity contribution in [3.05, 3.63) is 53.4 Å². The van der Waals surface area contributed by atoms with Crippen LogP contribution in [-0.2, 0) is 15.6 Å². The lowest BCUT2D eigenvalue weighted by molar-refractivity contribution is -0.137. The third-order valence-electron chi connectivity index (χ3n) is 7.52. The lowest BCUT2D eigenvalue weighted by Gasteiger charge is -2.42. The van der Waals surface area contributed by atoms with Crippen molar-refractivity contribution >= 4 is 11.8 Å². The maximum Gasteiger partial charge on any atom is 0.272 e. The van der Waals surface area contributed by atoms with Crippen molar-refractivity contribution in [2.24, 2.45) is 0 Å². The number of likely N-dealkylation sites (tertiary alicyclic amines) is 2. The van der Waals surface area contributed by atoms with Crippen LogP contribution in [0.2, 0.25) is 0 Å². The van der Waals surface area contributed by atoms with E-state index in [1.807, 2.05) is 31.2 Å². The average molecular weight is 465 g/mol. The SMILES string of the molecule is Cc1nc(C(=O)N2CCC[C@](C(=O)N(C)C)(c3ccccn3)C2)cc(C2(C)CCN(C)CC2)n1. The molecule has 34 heavy (non-hydrogen) atoms. The molecule has 2 aliphatic rings. The zero-order valence-corrected chi connectivity index (χ0v) is 21.0. The molecule has 0 aromatic carbocycles. The van der Waals surface area contributed by atoms with Crippen LogP contribution >= 0.6 is 0 Å². The van der Waals surface area contributed by atoms with Gasteiger partial charge in [-0.05, 0) is 70.9 Å². The highest BCUT2D eigenvalue weighted by molar-refractivity contribution is 5.94. The minimum Gasteiger partial charge on any atom is -0.348 e. The monoisotopic (exact) mass is 464 g/mol. The van der Waals surface area contributed by atoms with Gasteiger partial charge in [0.15, 0.2) is 0 Å². The van der Waals surface area contributed by atoms with E-state index in [4.69, 9.17) is 4.98 Å². The number of rotatable bonds is 4. The molecule has 0 spiro atoms. The number of aryl methyl sites for hydroxylation is 1. The number of amides is 2. The normalized spacial score (nSPS) is 22.9. The Morgan fingerprint density at radius 2 is 1.76 bits per heavy atom. The summed E-state index contributed by atoms with van der Waals surface area (Å²) < 4.78 is 0. The van der Waals surface area contributed by atoms with Crippen LogP contribution in [0.25, 0.3) is 0 Å². The summed E-state index contributed by atoms with van der Waals surface area (Å²) in [5.74, 6) is 0.440. The van der Waals surface area contributed by atoms with Crippen molar-refractivity contribution in [1.29, 1.82) is 0 Å². The number of hydrogen-bond donors (Lipinski definition) is 0. The number of aromatic nitrogens is 3. The molecule has 2 amide bonds. The number of pyridine rings is 1. The lowest BCUT2D eigenvalue weighted by Crippen LogP contribution is -2.56. The average Bonchev–Trinajstić information content (AvgIpc) is 2.85. The molecule has 2 aromatic heterocycles. The van der Waals surface area contributed by atoms with Crippen LogP contribution in [0.5, 0.6) is 0 Å². The predicted octanol–water partition coefficient (Wildman–Crippen LogP) is 2.43.